The van der Waals surface area contributed by atoms with E-state index in [0.29, 0.717) is 0 Å². The molecule has 2 N–H and O–H groups in total. The standard InChI is InChI=1S/Al.Fe.Na.H2O.4H/h;;;1H2;;;;. The second kappa shape index (κ2) is 19.9. The van der Waals surface area contributed by atoms with Gasteiger partial charge in [0.15, 0.2) is 17.4 Å². The number of hydrogen-bond donors (Lipinski definition) is 0. The topological polar surface area (TPSA) is 31.5 Å². The summed E-state index contributed by atoms with van der Waals surface area (Å²) in [4.78, 5) is 0. The van der Waals surface area contributed by atoms with Crippen molar-refractivity contribution in [1.82, 2.24) is 0 Å². The molecule has 0 atom stereocenters. The van der Waals surface area contributed by atoms with Crippen LogP contribution in [-0.2, 0) is 17.1 Å². The van der Waals surface area contributed by atoms with Crippen LogP contribution in [0.25, 0.3) is 0 Å². The second-order valence-corrected chi connectivity index (χ2v) is 0. The molecule has 0 aliphatic rings. The molecule has 0 aromatic rings. The SMILES string of the molecule is O.[AlH3].[Fe].[NaH]. The fourth-order valence-corrected chi connectivity index (χ4v) is 0. The Balaban J connectivity index is 0. The first-order chi connectivity index (χ1) is 0. The first kappa shape index (κ1) is 37.3. The number of rotatable bonds is 0. The van der Waals surface area contributed by atoms with Gasteiger partial charge in [-0.25, -0.2) is 0 Å². The Kier molecular flexibility index (Phi) is 186. The summed E-state index contributed by atoms with van der Waals surface area (Å²) >= 11 is 0. The van der Waals surface area contributed by atoms with Gasteiger partial charge < -0.3 is 5.48 Å². The van der Waals surface area contributed by atoms with Crippen LogP contribution in [-0.4, -0.2) is 52.4 Å². The van der Waals surface area contributed by atoms with Crippen molar-refractivity contribution in [2.45, 2.75) is 0 Å². The number of hydrogen-bond acceptors (Lipinski definition) is 0. The van der Waals surface area contributed by atoms with E-state index in [-0.39, 0.29) is 69.5 Å². The molecule has 0 aliphatic carbocycles. The molecule has 0 saturated carbocycles. The summed E-state index contributed by atoms with van der Waals surface area (Å²) in [5.74, 6) is 0. The predicted molar refractivity (Wildman–Crippen MR) is 20.7 cm³/mol. The van der Waals surface area contributed by atoms with Gasteiger partial charge in [0.25, 0.3) is 0 Å². The summed E-state index contributed by atoms with van der Waals surface area (Å²) in [5, 5.41) is 0. The van der Waals surface area contributed by atoms with Crippen LogP contribution in [0.15, 0.2) is 0 Å². The molecule has 0 spiro atoms. The Bertz CT molecular complexity index is 8.00. The van der Waals surface area contributed by atoms with Crippen molar-refractivity contribution in [3.8, 4) is 0 Å². The molecule has 0 rings (SSSR count). The Morgan fingerprint density at radius 2 is 1.00 bits per heavy atom. The molecule has 0 heterocycles. The van der Waals surface area contributed by atoms with Gasteiger partial charge in [0.05, 0.1) is 0 Å². The molecule has 0 bridgehead atoms. The minimum atomic E-state index is 0. The quantitative estimate of drug-likeness (QED) is 0.319. The first-order valence-corrected chi connectivity index (χ1v) is 0. The maximum absolute atomic E-state index is 0. The monoisotopic (exact) mass is 128 g/mol. The molecular formula is H6AlFeNaO. The molecule has 0 amide bonds. The Labute approximate surface area is 68.7 Å². The van der Waals surface area contributed by atoms with Crippen LogP contribution < -0.4 is 0 Å². The molecule has 0 aromatic heterocycles. The van der Waals surface area contributed by atoms with Crippen molar-refractivity contribution in [1.29, 1.82) is 0 Å². The summed E-state index contributed by atoms with van der Waals surface area (Å²) < 4.78 is 0. The van der Waals surface area contributed by atoms with Crippen LogP contribution in [0, 0.1) is 0 Å². The Morgan fingerprint density at radius 1 is 1.00 bits per heavy atom. The predicted octanol–water partition coefficient (Wildman–Crippen LogP) is -2.66. The van der Waals surface area contributed by atoms with E-state index < -0.39 is 0 Å². The van der Waals surface area contributed by atoms with Gasteiger partial charge in [0.1, 0.15) is 0 Å². The van der Waals surface area contributed by atoms with Crippen LogP contribution in [0.2, 0.25) is 0 Å². The minimum absolute atomic E-state index is 0. The summed E-state index contributed by atoms with van der Waals surface area (Å²) in [5.41, 5.74) is 0. The molecule has 4 heteroatoms. The van der Waals surface area contributed by atoms with Crippen molar-refractivity contribution in [3.05, 3.63) is 0 Å². The van der Waals surface area contributed by atoms with Crippen molar-refractivity contribution in [2.24, 2.45) is 0 Å². The van der Waals surface area contributed by atoms with E-state index in [1.807, 2.05) is 0 Å². The third-order valence-corrected chi connectivity index (χ3v) is 0. The average molecular weight is 128 g/mol. The van der Waals surface area contributed by atoms with Gasteiger partial charge in [-0.15, -0.1) is 0 Å². The van der Waals surface area contributed by atoms with Crippen LogP contribution in [0.1, 0.15) is 0 Å². The molecule has 24 valence electrons. The summed E-state index contributed by atoms with van der Waals surface area (Å²) in [6.45, 7) is 0. The molecule has 0 fully saturated rings. The molecule has 1 nitrogen and oxygen atoms in total. The van der Waals surface area contributed by atoms with Gasteiger partial charge in [-0.3, -0.25) is 0 Å². The fraction of sp³-hybridized carbons (Fsp3) is 0. The average Bonchev–Trinajstić information content (AvgIpc) is 0. The molecule has 0 unspecified atom stereocenters. The van der Waals surface area contributed by atoms with Crippen molar-refractivity contribution in [2.75, 3.05) is 0 Å². The van der Waals surface area contributed by atoms with E-state index in [2.05, 4.69) is 0 Å². The molecule has 0 saturated heterocycles. The molecule has 0 aliphatic heterocycles. The normalized spacial score (nSPS) is 0. The third kappa shape index (κ3) is 8.99. The van der Waals surface area contributed by atoms with Gasteiger partial charge >= 0.3 is 29.6 Å². The van der Waals surface area contributed by atoms with Crippen LogP contribution in [0.5, 0.6) is 0 Å². The summed E-state index contributed by atoms with van der Waals surface area (Å²) in [7, 11) is 0. The fourth-order valence-electron chi connectivity index (χ4n) is 0. The van der Waals surface area contributed by atoms with Crippen molar-refractivity contribution < 1.29 is 22.5 Å². The zero-order chi connectivity index (χ0) is 0. The summed E-state index contributed by atoms with van der Waals surface area (Å²) in [6, 6.07) is 0. The van der Waals surface area contributed by atoms with Crippen LogP contribution >= 0.6 is 0 Å². The Hall–Kier alpha value is 2.01. The van der Waals surface area contributed by atoms with Gasteiger partial charge in [-0.2, -0.15) is 0 Å². The first-order valence-electron chi connectivity index (χ1n) is 0. The van der Waals surface area contributed by atoms with E-state index >= 15 is 0 Å². The molecule has 4 heavy (non-hydrogen) atoms. The molecule has 0 aromatic carbocycles. The van der Waals surface area contributed by atoms with Crippen molar-refractivity contribution >= 4 is 46.9 Å². The van der Waals surface area contributed by atoms with E-state index in [4.69, 9.17) is 0 Å². The molecular weight excluding hydrogens is 122 g/mol. The van der Waals surface area contributed by atoms with Gasteiger partial charge in [-0.05, 0) is 0 Å². The Morgan fingerprint density at radius 3 is 1.00 bits per heavy atom. The van der Waals surface area contributed by atoms with Gasteiger partial charge in [0, 0.05) is 17.1 Å². The van der Waals surface area contributed by atoms with E-state index in [9.17, 15) is 0 Å². The van der Waals surface area contributed by atoms with Gasteiger partial charge in [-0.1, -0.05) is 0 Å². The van der Waals surface area contributed by atoms with Crippen LogP contribution in [0.4, 0.5) is 0 Å². The second-order valence-electron chi connectivity index (χ2n) is 0. The van der Waals surface area contributed by atoms with Crippen molar-refractivity contribution in [3.63, 3.8) is 0 Å². The van der Waals surface area contributed by atoms with E-state index in [0.717, 1.165) is 0 Å². The van der Waals surface area contributed by atoms with E-state index in [1.54, 1.807) is 0 Å². The van der Waals surface area contributed by atoms with Gasteiger partial charge in [0.2, 0.25) is 0 Å². The zero-order valence-electron chi connectivity index (χ0n) is 0.854. The zero-order valence-corrected chi connectivity index (χ0v) is 1.96. The maximum atomic E-state index is 0. The van der Waals surface area contributed by atoms with Crippen LogP contribution in [0.3, 0.4) is 0 Å². The third-order valence-electron chi connectivity index (χ3n) is 0. The van der Waals surface area contributed by atoms with E-state index in [1.165, 1.54) is 0 Å². The summed E-state index contributed by atoms with van der Waals surface area (Å²) in [6.07, 6.45) is 0. The molecule has 0 radical (unpaired) electrons.